The quantitative estimate of drug-likeness (QED) is 0.636. The first kappa shape index (κ1) is 15.3. The van der Waals surface area contributed by atoms with E-state index in [1.165, 1.54) is 24.6 Å². The second kappa shape index (κ2) is 11.8. The fourth-order valence-electron chi connectivity index (χ4n) is 0.930. The zero-order chi connectivity index (χ0) is 9.94. The third kappa shape index (κ3) is 10.8. The fourth-order valence-corrected chi connectivity index (χ4v) is 0.930. The molecule has 0 aliphatic heterocycles. The predicted octanol–water partition coefficient (Wildman–Crippen LogP) is 2.47. The molecule has 0 bridgehead atoms. The molecule has 0 saturated carbocycles. The van der Waals surface area contributed by atoms with E-state index in [0.29, 0.717) is 0 Å². The van der Waals surface area contributed by atoms with Crippen LogP contribution >= 0.6 is 0 Å². The summed E-state index contributed by atoms with van der Waals surface area (Å²) in [5.74, 6) is 0. The van der Waals surface area contributed by atoms with Crippen LogP contribution < -0.4 is 17.2 Å². The van der Waals surface area contributed by atoms with Crippen LogP contribution in [0.15, 0.2) is 36.2 Å². The lowest BCUT2D eigenvalue weighted by Crippen LogP contribution is -2.02. The molecule has 0 saturated heterocycles. The van der Waals surface area contributed by atoms with Gasteiger partial charge in [0.05, 0.1) is 0 Å². The van der Waals surface area contributed by atoms with E-state index in [1.807, 2.05) is 6.92 Å². The molecule has 3 heteroatoms. The van der Waals surface area contributed by atoms with Crippen molar-refractivity contribution >= 4 is 0 Å². The van der Waals surface area contributed by atoms with Crippen molar-refractivity contribution < 1.29 is 0 Å². The highest BCUT2D eigenvalue weighted by molar-refractivity contribution is 5.18. The number of hydrogen-bond acceptors (Lipinski definition) is 3. The van der Waals surface area contributed by atoms with Crippen molar-refractivity contribution in [3.8, 4) is 0 Å². The van der Waals surface area contributed by atoms with Crippen LogP contribution in [0.2, 0.25) is 0 Å². The molecule has 0 fully saturated rings. The van der Waals surface area contributed by atoms with Gasteiger partial charge < -0.3 is 17.2 Å². The van der Waals surface area contributed by atoms with Gasteiger partial charge in [-0.3, -0.25) is 0 Å². The predicted molar refractivity (Wildman–Crippen MR) is 64.2 cm³/mol. The largest absolute Gasteiger partial charge is 0.403 e. The summed E-state index contributed by atoms with van der Waals surface area (Å²) in [5, 5.41) is 2.89. The number of nitrogens with two attached hydrogens (primary N) is 1. The van der Waals surface area contributed by atoms with Gasteiger partial charge in [-0.2, -0.15) is 0 Å². The van der Waals surface area contributed by atoms with Crippen LogP contribution in [0.4, 0.5) is 0 Å². The van der Waals surface area contributed by atoms with Gasteiger partial charge in [-0.15, -0.1) is 0 Å². The van der Waals surface area contributed by atoms with Gasteiger partial charge in [-0.1, -0.05) is 23.8 Å². The highest BCUT2D eigenvalue weighted by atomic mass is 14.8. The molecular weight excluding hydrogens is 174 g/mol. The Morgan fingerprint density at radius 3 is 2.43 bits per heavy atom. The van der Waals surface area contributed by atoms with E-state index in [2.05, 4.69) is 30.5 Å². The Hall–Kier alpha value is -1.22. The van der Waals surface area contributed by atoms with E-state index in [1.54, 1.807) is 6.20 Å². The van der Waals surface area contributed by atoms with Gasteiger partial charge in [0.25, 0.3) is 0 Å². The van der Waals surface area contributed by atoms with Crippen molar-refractivity contribution in [2.75, 3.05) is 6.54 Å². The van der Waals surface area contributed by atoms with Gasteiger partial charge in [0.2, 0.25) is 0 Å². The van der Waals surface area contributed by atoms with Gasteiger partial charge in [-0.05, 0) is 26.7 Å². The van der Waals surface area contributed by atoms with Gasteiger partial charge in [0.1, 0.15) is 0 Å². The molecule has 1 aliphatic rings. The molecule has 0 unspecified atom stereocenters. The van der Waals surface area contributed by atoms with Crippen molar-refractivity contribution in [3.05, 3.63) is 36.2 Å². The molecule has 0 spiro atoms. The molecule has 1 aliphatic carbocycles. The third-order valence-electron chi connectivity index (χ3n) is 1.60. The molecule has 6 N–H and O–H groups in total. The Labute approximate surface area is 87.3 Å². The highest BCUT2D eigenvalue weighted by Gasteiger charge is 1.86. The molecule has 3 nitrogen and oxygen atoms in total. The van der Waals surface area contributed by atoms with Crippen LogP contribution in [-0.2, 0) is 0 Å². The van der Waals surface area contributed by atoms with Gasteiger partial charge in [0.15, 0.2) is 0 Å². The first-order valence-corrected chi connectivity index (χ1v) is 4.74. The van der Waals surface area contributed by atoms with Crippen LogP contribution in [0.1, 0.15) is 26.7 Å². The van der Waals surface area contributed by atoms with Crippen LogP contribution in [0.5, 0.6) is 0 Å². The minimum Gasteiger partial charge on any atom is -0.403 e. The van der Waals surface area contributed by atoms with Crippen LogP contribution in [0, 0.1) is 0 Å². The summed E-state index contributed by atoms with van der Waals surface area (Å²) in [6.45, 7) is 5.09. The molecular formula is C11H23N3. The lowest BCUT2D eigenvalue weighted by Gasteiger charge is -1.96. The zero-order valence-corrected chi connectivity index (χ0v) is 9.29. The number of allylic oxidation sites excluding steroid dienone is 4. The second-order valence-electron chi connectivity index (χ2n) is 2.84. The number of hydrogen-bond donors (Lipinski definition) is 3. The summed E-state index contributed by atoms with van der Waals surface area (Å²) in [4.78, 5) is 0. The average Bonchev–Trinajstić information content (AvgIpc) is 2.17. The molecule has 0 heterocycles. The van der Waals surface area contributed by atoms with Crippen molar-refractivity contribution in [1.82, 2.24) is 11.5 Å². The van der Waals surface area contributed by atoms with E-state index in [4.69, 9.17) is 5.73 Å². The minimum atomic E-state index is 0. The van der Waals surface area contributed by atoms with E-state index >= 15 is 0 Å². The molecule has 0 amide bonds. The van der Waals surface area contributed by atoms with E-state index in [9.17, 15) is 0 Å². The summed E-state index contributed by atoms with van der Waals surface area (Å²) in [6.07, 6.45) is 12.3. The summed E-state index contributed by atoms with van der Waals surface area (Å²) in [7, 11) is 0. The SMILES string of the molecule is CC1=CCCC=C1.CCN/C=C\N.N. The molecule has 1 rings (SSSR count). The third-order valence-corrected chi connectivity index (χ3v) is 1.60. The molecule has 0 atom stereocenters. The molecule has 0 aromatic rings. The first-order valence-electron chi connectivity index (χ1n) is 4.74. The lowest BCUT2D eigenvalue weighted by atomic mass is 10.1. The molecule has 0 aromatic carbocycles. The van der Waals surface area contributed by atoms with E-state index < -0.39 is 0 Å². The topological polar surface area (TPSA) is 73.0 Å². The maximum Gasteiger partial charge on any atom is 0.0122 e. The van der Waals surface area contributed by atoms with Crippen LogP contribution in [0.25, 0.3) is 0 Å². The van der Waals surface area contributed by atoms with Crippen molar-refractivity contribution in [3.63, 3.8) is 0 Å². The Morgan fingerprint density at radius 1 is 1.50 bits per heavy atom. The monoisotopic (exact) mass is 197 g/mol. The highest BCUT2D eigenvalue weighted by Crippen LogP contribution is 2.06. The van der Waals surface area contributed by atoms with Crippen LogP contribution in [-0.4, -0.2) is 6.54 Å². The summed E-state index contributed by atoms with van der Waals surface area (Å²) >= 11 is 0. The van der Waals surface area contributed by atoms with Gasteiger partial charge >= 0.3 is 0 Å². The van der Waals surface area contributed by atoms with Crippen molar-refractivity contribution in [1.29, 1.82) is 0 Å². The van der Waals surface area contributed by atoms with Crippen LogP contribution in [0.3, 0.4) is 0 Å². The number of rotatable bonds is 2. The molecule has 82 valence electrons. The molecule has 0 radical (unpaired) electrons. The second-order valence-corrected chi connectivity index (χ2v) is 2.84. The minimum absolute atomic E-state index is 0. The first-order chi connectivity index (χ1) is 6.31. The summed E-state index contributed by atoms with van der Waals surface area (Å²) < 4.78 is 0. The number of nitrogens with one attached hydrogen (secondary N) is 1. The average molecular weight is 197 g/mol. The Balaban J connectivity index is 0. The maximum atomic E-state index is 4.97. The smallest absolute Gasteiger partial charge is 0.0122 e. The van der Waals surface area contributed by atoms with E-state index in [-0.39, 0.29) is 6.15 Å². The molecule has 0 aromatic heterocycles. The van der Waals surface area contributed by atoms with Gasteiger partial charge in [0, 0.05) is 18.9 Å². The normalized spacial score (nSPS) is 13.7. The Bertz CT molecular complexity index is 193. The standard InChI is InChI=1S/C7H10.C4H10N2.H3N/c1-7-5-3-2-4-6-7;1-2-6-4-3-5;/h3,5-6H,2,4H2,1H3;3-4,6H,2,5H2,1H3;1H3/b;4-3-;. The zero-order valence-electron chi connectivity index (χ0n) is 9.29. The fraction of sp³-hybridized carbons (Fsp3) is 0.455. The summed E-state index contributed by atoms with van der Waals surface area (Å²) in [5.41, 5.74) is 6.38. The van der Waals surface area contributed by atoms with Gasteiger partial charge in [-0.25, -0.2) is 0 Å². The van der Waals surface area contributed by atoms with E-state index in [0.717, 1.165) is 6.54 Å². The lowest BCUT2D eigenvalue weighted by molar-refractivity contribution is 0.916. The van der Waals surface area contributed by atoms with Crippen molar-refractivity contribution in [2.45, 2.75) is 26.7 Å². The van der Waals surface area contributed by atoms with Crippen molar-refractivity contribution in [2.24, 2.45) is 5.73 Å². The maximum absolute atomic E-state index is 4.97. The Kier molecular flexibility index (Phi) is 12.8. The molecule has 14 heavy (non-hydrogen) atoms. The summed E-state index contributed by atoms with van der Waals surface area (Å²) in [6, 6.07) is 0. The Morgan fingerprint density at radius 2 is 2.21 bits per heavy atom.